The molecule has 1 aromatic heterocycles. The fraction of sp³-hybridized carbons (Fsp3) is 0.258. The molecule has 0 radical (unpaired) electrons. The van der Waals surface area contributed by atoms with E-state index in [2.05, 4.69) is 20.4 Å². The van der Waals surface area contributed by atoms with Crippen LogP contribution in [0.15, 0.2) is 65.7 Å². The maximum atomic E-state index is 15.8. The first-order valence-corrected chi connectivity index (χ1v) is 15.0. The van der Waals surface area contributed by atoms with E-state index in [-0.39, 0.29) is 22.0 Å². The number of benzene rings is 3. The topological polar surface area (TPSA) is 165 Å². The lowest BCUT2D eigenvalue weighted by Crippen LogP contribution is -2.38. The Kier molecular flexibility index (Phi) is 9.34. The summed E-state index contributed by atoms with van der Waals surface area (Å²) < 4.78 is 53.6. The number of pyridine rings is 1. The maximum absolute atomic E-state index is 15.8. The summed E-state index contributed by atoms with van der Waals surface area (Å²) in [6, 6.07) is 12.1. The number of carbonyl (C=O) groups is 2. The summed E-state index contributed by atoms with van der Waals surface area (Å²) in [5.74, 6) is -0.464. The van der Waals surface area contributed by atoms with Crippen LogP contribution in [0.3, 0.4) is 0 Å². The summed E-state index contributed by atoms with van der Waals surface area (Å²) in [5, 5.41) is 7.22. The normalized spacial score (nSPS) is 15.8. The van der Waals surface area contributed by atoms with Crippen molar-refractivity contribution in [3.8, 4) is 11.5 Å². The van der Waals surface area contributed by atoms with Crippen LogP contribution in [0.25, 0.3) is 10.8 Å². The number of fused-ring (bicyclic) bond motifs is 1. The van der Waals surface area contributed by atoms with Gasteiger partial charge in [0.05, 0.1) is 32.3 Å². The van der Waals surface area contributed by atoms with E-state index in [1.54, 1.807) is 35.4 Å². The number of carbonyl (C=O) groups excluding carboxylic acids is 2. The smallest absolute Gasteiger partial charge is 0.411 e. The highest BCUT2D eigenvalue weighted by Crippen LogP contribution is 2.40. The Labute approximate surface area is 260 Å². The largest absolute Gasteiger partial charge is 0.493 e. The van der Waals surface area contributed by atoms with E-state index in [4.69, 9.17) is 15.2 Å². The van der Waals surface area contributed by atoms with Crippen molar-refractivity contribution in [3.63, 3.8) is 0 Å². The van der Waals surface area contributed by atoms with Gasteiger partial charge < -0.3 is 34.7 Å². The van der Waals surface area contributed by atoms with Crippen LogP contribution in [-0.4, -0.2) is 58.5 Å². The van der Waals surface area contributed by atoms with Crippen LogP contribution in [0, 0.1) is 5.82 Å². The summed E-state index contributed by atoms with van der Waals surface area (Å²) in [7, 11) is 4.01. The number of methoxy groups -OCH3 is 3. The number of halogens is 1. The number of nitrogens with two attached hydrogens (primary N) is 1. The van der Waals surface area contributed by atoms with Gasteiger partial charge in [0.1, 0.15) is 17.7 Å². The Balaban J connectivity index is 1.59. The number of nitrogens with one attached hydrogen (secondary N) is 2. The van der Waals surface area contributed by atoms with Gasteiger partial charge in [-0.05, 0) is 72.3 Å². The van der Waals surface area contributed by atoms with Crippen molar-refractivity contribution >= 4 is 51.0 Å². The minimum absolute atomic E-state index is 0.00436. The second kappa shape index (κ2) is 13.4. The first-order valence-electron chi connectivity index (χ1n) is 13.9. The third-order valence-electron chi connectivity index (χ3n) is 7.69. The van der Waals surface area contributed by atoms with Crippen molar-refractivity contribution in [2.45, 2.75) is 29.8 Å². The van der Waals surface area contributed by atoms with Gasteiger partial charge in [-0.2, -0.15) is 0 Å². The molecule has 3 aromatic carbocycles. The molecule has 2 heterocycles. The molecule has 0 spiro atoms. The number of amides is 2. The molecule has 236 valence electrons. The molecule has 1 aliphatic heterocycles. The number of hydrogen-bond donors (Lipinski definition) is 4. The zero-order valence-corrected chi connectivity index (χ0v) is 25.5. The average Bonchev–Trinajstić information content (AvgIpc) is 3.53. The molecule has 4 aromatic rings. The number of likely N-dealkylation sites (tertiary alicyclic amines) is 1. The summed E-state index contributed by atoms with van der Waals surface area (Å²) in [6.45, 7) is 0.294. The van der Waals surface area contributed by atoms with Crippen LogP contribution in [0.5, 0.6) is 11.5 Å². The quantitative estimate of drug-likeness (QED) is 0.178. The van der Waals surface area contributed by atoms with Crippen LogP contribution in [-0.2, 0) is 20.6 Å². The number of nitrogen functional groups attached to an aromatic ring is 1. The summed E-state index contributed by atoms with van der Waals surface area (Å²) in [5.41, 5.74) is 7.22. The highest BCUT2D eigenvalue weighted by Gasteiger charge is 2.38. The first-order chi connectivity index (χ1) is 21.6. The van der Waals surface area contributed by atoms with Crippen molar-refractivity contribution < 1.29 is 37.0 Å². The fourth-order valence-corrected chi connectivity index (χ4v) is 6.14. The van der Waals surface area contributed by atoms with E-state index in [1.807, 2.05) is 0 Å². The molecule has 1 saturated heterocycles. The van der Waals surface area contributed by atoms with Gasteiger partial charge in [0, 0.05) is 41.1 Å². The van der Waals surface area contributed by atoms with Gasteiger partial charge in [0.15, 0.2) is 22.6 Å². The molecule has 0 bridgehead atoms. The number of rotatable bonds is 9. The number of nitrogens with zero attached hydrogens (tertiary/aromatic N) is 2. The van der Waals surface area contributed by atoms with Gasteiger partial charge in [-0.25, -0.2) is 18.4 Å². The average molecular weight is 638 g/mol. The minimum atomic E-state index is -2.40. The van der Waals surface area contributed by atoms with Gasteiger partial charge in [-0.3, -0.25) is 10.1 Å². The zero-order valence-electron chi connectivity index (χ0n) is 24.7. The Morgan fingerprint density at radius 1 is 1.07 bits per heavy atom. The van der Waals surface area contributed by atoms with Crippen molar-refractivity contribution in [2.75, 3.05) is 44.2 Å². The Bertz CT molecular complexity index is 1790. The molecule has 0 aliphatic carbocycles. The molecule has 3 atom stereocenters. The molecular weight excluding hydrogens is 605 g/mol. The number of anilines is 3. The molecule has 12 nitrogen and oxygen atoms in total. The zero-order chi connectivity index (χ0) is 32.2. The third-order valence-corrected chi connectivity index (χ3v) is 8.44. The van der Waals surface area contributed by atoms with Gasteiger partial charge in [0.25, 0.3) is 0 Å². The lowest BCUT2D eigenvalue weighted by Gasteiger charge is -2.31. The molecule has 2 amide bonds. The maximum Gasteiger partial charge on any atom is 0.411 e. The number of aromatic nitrogens is 1. The predicted molar refractivity (Wildman–Crippen MR) is 167 cm³/mol. The minimum Gasteiger partial charge on any atom is -0.493 e. The molecule has 5 N–H and O–H groups in total. The Morgan fingerprint density at radius 2 is 1.80 bits per heavy atom. The Morgan fingerprint density at radius 3 is 2.51 bits per heavy atom. The highest BCUT2D eigenvalue weighted by molar-refractivity contribution is 7.79. The van der Waals surface area contributed by atoms with E-state index in [9.17, 15) is 18.4 Å². The number of hydrogen-bond acceptors (Lipinski definition) is 9. The summed E-state index contributed by atoms with van der Waals surface area (Å²) in [4.78, 5) is 32.1. The lowest BCUT2D eigenvalue weighted by molar-refractivity contribution is -0.133. The lowest BCUT2D eigenvalue weighted by atomic mass is 10.00. The number of ether oxygens (including phenoxy) is 3. The van der Waals surface area contributed by atoms with Crippen LogP contribution in [0.4, 0.5) is 26.4 Å². The summed E-state index contributed by atoms with van der Waals surface area (Å²) in [6.07, 6.45) is 1.88. The standard InChI is InChI=1S/C31H32FN5O7S/c1-42-25-15-21(23(32)16-26(25)43-2)28(35-18-6-8-20-17(13-18)10-11-34-29(20)33)30(38)37-12-4-5-24(37)22-14-19(36-31(39)44-3)7-9-27(22)45(40)41/h6-11,13-16,24,28,35H,4-5,12H2,1-3H3,(H2,33,34)(H,36,39)(H,40,41)/t24-,28-/m1/s1. The summed E-state index contributed by atoms with van der Waals surface area (Å²) >= 11 is -2.40. The van der Waals surface area contributed by atoms with Crippen LogP contribution >= 0.6 is 0 Å². The van der Waals surface area contributed by atoms with E-state index in [0.29, 0.717) is 47.5 Å². The van der Waals surface area contributed by atoms with E-state index < -0.39 is 41.0 Å². The van der Waals surface area contributed by atoms with Gasteiger partial charge in [-0.15, -0.1) is 0 Å². The molecule has 1 aliphatic rings. The third kappa shape index (κ3) is 6.47. The second-order valence-electron chi connectivity index (χ2n) is 10.2. The Hall–Kier alpha value is -4.95. The molecule has 1 fully saturated rings. The molecular formula is C31H32FN5O7S. The molecule has 14 heteroatoms. The van der Waals surface area contributed by atoms with Crippen molar-refractivity contribution in [1.82, 2.24) is 9.88 Å². The van der Waals surface area contributed by atoms with Gasteiger partial charge in [0.2, 0.25) is 5.91 Å². The van der Waals surface area contributed by atoms with Gasteiger partial charge >= 0.3 is 6.09 Å². The van der Waals surface area contributed by atoms with Crippen LogP contribution in [0.1, 0.15) is 36.1 Å². The van der Waals surface area contributed by atoms with E-state index >= 15 is 4.39 Å². The fourth-order valence-electron chi connectivity index (χ4n) is 5.56. The second-order valence-corrected chi connectivity index (χ2v) is 11.2. The first kappa shape index (κ1) is 31.5. The predicted octanol–water partition coefficient (Wildman–Crippen LogP) is 5.25. The van der Waals surface area contributed by atoms with E-state index in [1.165, 1.54) is 45.6 Å². The van der Waals surface area contributed by atoms with E-state index in [0.717, 1.165) is 11.5 Å². The molecule has 5 rings (SSSR count). The monoisotopic (exact) mass is 637 g/mol. The highest BCUT2D eigenvalue weighted by atomic mass is 32.2. The van der Waals surface area contributed by atoms with Gasteiger partial charge in [-0.1, -0.05) is 0 Å². The molecule has 45 heavy (non-hydrogen) atoms. The molecule has 1 unspecified atom stereocenters. The van der Waals surface area contributed by atoms with Crippen molar-refractivity contribution in [1.29, 1.82) is 0 Å². The van der Waals surface area contributed by atoms with Crippen molar-refractivity contribution in [2.24, 2.45) is 0 Å². The van der Waals surface area contributed by atoms with Crippen molar-refractivity contribution in [3.05, 3.63) is 77.7 Å². The van der Waals surface area contributed by atoms with Crippen LogP contribution in [0.2, 0.25) is 0 Å². The molecule has 0 saturated carbocycles. The SMILES string of the molecule is COC(=O)Nc1ccc(S(=O)O)c([C@H]2CCCN2C(=O)[C@H](Nc2ccc3c(N)nccc3c2)c2cc(OC)c(OC)cc2F)c1. The van der Waals surface area contributed by atoms with Crippen LogP contribution < -0.4 is 25.8 Å².